The van der Waals surface area contributed by atoms with Crippen molar-refractivity contribution in [1.29, 1.82) is 0 Å². The summed E-state index contributed by atoms with van der Waals surface area (Å²) in [5, 5.41) is 0. The summed E-state index contributed by atoms with van der Waals surface area (Å²) in [6.07, 6.45) is 0. The molecule has 0 unspecified atom stereocenters. The molecular weight excluding hydrogens is 403 g/mol. The van der Waals surface area contributed by atoms with Crippen molar-refractivity contribution < 1.29 is 34.0 Å². The van der Waals surface area contributed by atoms with Gasteiger partial charge in [-0.3, -0.25) is 0 Å². The molecule has 0 radical (unpaired) electrons. The number of rotatable bonds is 0. The van der Waals surface area contributed by atoms with Gasteiger partial charge in [0.1, 0.15) is 0 Å². The molecular formula is Cl3PtRu. The van der Waals surface area contributed by atoms with Crippen LogP contribution < -0.4 is 0 Å². The Labute approximate surface area is 62.5 Å². The van der Waals surface area contributed by atoms with Gasteiger partial charge in [-0.05, 0) is 0 Å². The average Bonchev–Trinajstić information content (AvgIpc) is 0.811. The molecule has 0 fully saturated rings. The van der Waals surface area contributed by atoms with Gasteiger partial charge in [-0.25, -0.2) is 0 Å². The number of hydrogen-bond acceptors (Lipinski definition) is 0. The standard InChI is InChI=1S/3ClH.Pt.Ru/h3*1H;;/q;;;;+3/p-3. The summed E-state index contributed by atoms with van der Waals surface area (Å²) in [6, 6.07) is 0. The summed E-state index contributed by atoms with van der Waals surface area (Å²) in [6.45, 7) is 0. The van der Waals surface area contributed by atoms with Crippen LogP contribution in [0.15, 0.2) is 0 Å². The fraction of sp³-hybridized carbons (Fsp3) is 0. The fourth-order valence-electron chi connectivity index (χ4n) is 0. The Morgan fingerprint density at radius 2 is 1.00 bits per heavy atom. The molecule has 0 heterocycles. The third-order valence-corrected chi connectivity index (χ3v) is 0. The van der Waals surface area contributed by atoms with Gasteiger partial charge in [0.2, 0.25) is 0 Å². The van der Waals surface area contributed by atoms with Crippen LogP contribution in [-0.4, -0.2) is 0 Å². The minimum Gasteiger partial charge on any atom is 0 e. The Morgan fingerprint density at radius 1 is 1.00 bits per heavy atom. The van der Waals surface area contributed by atoms with Crippen LogP contribution in [0.1, 0.15) is 0 Å². The zero-order valence-corrected chi connectivity index (χ0v) is 8.08. The van der Waals surface area contributed by atoms with E-state index in [1.54, 1.807) is 0 Å². The molecule has 0 saturated heterocycles. The smallest absolute Gasteiger partial charge is 0 e. The monoisotopic (exact) mass is 402 g/mol. The molecule has 0 aliphatic heterocycles. The van der Waals surface area contributed by atoms with Crippen molar-refractivity contribution in [2.75, 3.05) is 0 Å². The first-order chi connectivity index (χ1) is 1.73. The van der Waals surface area contributed by atoms with Gasteiger partial charge in [0, 0.05) is 21.1 Å². The molecule has 5 heteroatoms. The predicted octanol–water partition coefficient (Wildman–Crippen LogP) is 2.06. The van der Waals surface area contributed by atoms with Crippen LogP contribution in [0.3, 0.4) is 0 Å². The van der Waals surface area contributed by atoms with Crippen molar-refractivity contribution in [1.82, 2.24) is 0 Å². The van der Waals surface area contributed by atoms with Crippen molar-refractivity contribution >= 4 is 29.1 Å². The molecule has 0 atom stereocenters. The van der Waals surface area contributed by atoms with E-state index in [0.717, 1.165) is 0 Å². The molecule has 0 amide bonds. The first kappa shape index (κ1) is 10.2. The van der Waals surface area contributed by atoms with Crippen molar-refractivity contribution in [3.8, 4) is 0 Å². The molecule has 0 bridgehead atoms. The van der Waals surface area contributed by atoms with E-state index in [1.165, 1.54) is 0 Å². The minimum absolute atomic E-state index is 0. The summed E-state index contributed by atoms with van der Waals surface area (Å²) in [4.78, 5) is 0. The second-order valence-electron chi connectivity index (χ2n) is 0.152. The molecule has 0 aromatic rings. The quantitative estimate of drug-likeness (QED) is 0.544. The summed E-state index contributed by atoms with van der Waals surface area (Å²) < 4.78 is 0. The Balaban J connectivity index is 0. The van der Waals surface area contributed by atoms with E-state index in [-0.39, 0.29) is 21.1 Å². The molecule has 5 heavy (non-hydrogen) atoms. The van der Waals surface area contributed by atoms with Crippen LogP contribution >= 0.6 is 29.1 Å². The molecule has 0 saturated carbocycles. The molecule has 39 valence electrons. The van der Waals surface area contributed by atoms with Gasteiger partial charge < -0.3 is 0 Å². The van der Waals surface area contributed by atoms with Crippen molar-refractivity contribution in [3.05, 3.63) is 0 Å². The normalized spacial score (nSPS) is 9.00. The molecule has 0 aromatic carbocycles. The molecule has 0 spiro atoms. The SMILES string of the molecule is [Cl][Ru]([Cl])[Cl].[Pt]. The first-order valence-electron chi connectivity index (χ1n) is 0.401. The predicted molar refractivity (Wildman–Crippen MR) is 17.6 cm³/mol. The topological polar surface area (TPSA) is 0 Å². The minimum atomic E-state index is -1.75. The Morgan fingerprint density at radius 3 is 1.00 bits per heavy atom. The maximum atomic E-state index is 4.95. The van der Waals surface area contributed by atoms with Crippen molar-refractivity contribution in [2.45, 2.75) is 0 Å². The van der Waals surface area contributed by atoms with Gasteiger partial charge in [0.05, 0.1) is 0 Å². The van der Waals surface area contributed by atoms with Crippen LogP contribution in [0.4, 0.5) is 0 Å². The molecule has 0 aliphatic carbocycles. The second kappa shape index (κ2) is 6.18. The third kappa shape index (κ3) is 22.7. The fourth-order valence-corrected chi connectivity index (χ4v) is 0. The van der Waals surface area contributed by atoms with Crippen molar-refractivity contribution in [3.63, 3.8) is 0 Å². The van der Waals surface area contributed by atoms with Gasteiger partial charge in [-0.1, -0.05) is 0 Å². The zero-order chi connectivity index (χ0) is 3.58. The van der Waals surface area contributed by atoms with E-state index in [4.69, 9.17) is 29.1 Å². The molecule has 0 nitrogen and oxygen atoms in total. The van der Waals surface area contributed by atoms with E-state index >= 15 is 0 Å². The average molecular weight is 403 g/mol. The van der Waals surface area contributed by atoms with Gasteiger partial charge in [-0.2, -0.15) is 0 Å². The molecule has 0 aliphatic rings. The summed E-state index contributed by atoms with van der Waals surface area (Å²) >= 11 is -1.75. The van der Waals surface area contributed by atoms with Gasteiger partial charge in [0.15, 0.2) is 0 Å². The Bertz CT molecular complexity index is 11.6. The number of halogens is 3. The zero-order valence-electron chi connectivity index (χ0n) is 1.80. The molecule has 0 rings (SSSR count). The van der Waals surface area contributed by atoms with Gasteiger partial charge in [-0.15, -0.1) is 0 Å². The molecule has 0 aromatic heterocycles. The number of hydrogen-bond donors (Lipinski definition) is 0. The third-order valence-electron chi connectivity index (χ3n) is 0. The van der Waals surface area contributed by atoms with Crippen LogP contribution in [0.2, 0.25) is 0 Å². The first-order valence-corrected chi connectivity index (χ1v) is 7.12. The Hall–Kier alpha value is 2.18. The van der Waals surface area contributed by atoms with Crippen molar-refractivity contribution in [2.24, 2.45) is 0 Å². The summed E-state index contributed by atoms with van der Waals surface area (Å²) in [7, 11) is 14.8. The van der Waals surface area contributed by atoms with E-state index in [0.29, 0.717) is 0 Å². The summed E-state index contributed by atoms with van der Waals surface area (Å²) in [5.41, 5.74) is 0. The van der Waals surface area contributed by atoms with Gasteiger partial charge >= 0.3 is 42.1 Å². The molecule has 0 N–H and O–H groups in total. The van der Waals surface area contributed by atoms with E-state index in [2.05, 4.69) is 0 Å². The summed E-state index contributed by atoms with van der Waals surface area (Å²) in [5.74, 6) is 0. The second-order valence-corrected chi connectivity index (χ2v) is 8.07. The van der Waals surface area contributed by atoms with Crippen LogP contribution in [-0.2, 0) is 34.0 Å². The van der Waals surface area contributed by atoms with Gasteiger partial charge in [0.25, 0.3) is 0 Å². The van der Waals surface area contributed by atoms with E-state index in [9.17, 15) is 0 Å². The maximum Gasteiger partial charge on any atom is 0 e. The van der Waals surface area contributed by atoms with E-state index in [1.807, 2.05) is 0 Å². The van der Waals surface area contributed by atoms with E-state index < -0.39 is 13.0 Å². The Kier molecular flexibility index (Phi) is 12.6. The van der Waals surface area contributed by atoms with Crippen LogP contribution in [0, 0.1) is 0 Å². The van der Waals surface area contributed by atoms with Crippen LogP contribution in [0.5, 0.6) is 0 Å². The largest absolute Gasteiger partial charge is 0 e. The van der Waals surface area contributed by atoms with Crippen LogP contribution in [0.25, 0.3) is 0 Å². The maximum absolute atomic E-state index is 4.95.